The van der Waals surface area contributed by atoms with Crippen LogP contribution in [-0.4, -0.2) is 60.5 Å². The van der Waals surface area contributed by atoms with E-state index in [0.29, 0.717) is 12.6 Å². The molecule has 112 valence electrons. The number of alkyl halides is 4. The first-order valence-electron chi connectivity index (χ1n) is 6.19. The van der Waals surface area contributed by atoms with E-state index in [2.05, 4.69) is 10.2 Å². The average molecular weight is 286 g/mol. The average Bonchev–Trinajstić information content (AvgIpc) is 2.77. The van der Waals surface area contributed by atoms with E-state index >= 15 is 0 Å². The van der Waals surface area contributed by atoms with Crippen molar-refractivity contribution in [2.24, 2.45) is 0 Å². The Morgan fingerprint density at radius 3 is 2.11 bits per heavy atom. The number of hydrogen-bond donors (Lipinski definition) is 2. The number of aliphatic carboxylic acids is 1. The van der Waals surface area contributed by atoms with E-state index in [1.165, 1.54) is 12.8 Å². The first-order valence-corrected chi connectivity index (χ1v) is 6.19. The molecule has 19 heavy (non-hydrogen) atoms. The fourth-order valence-electron chi connectivity index (χ4n) is 2.25. The molecule has 0 spiro atoms. The van der Waals surface area contributed by atoms with E-state index in [9.17, 15) is 17.6 Å². The Kier molecular flexibility index (Phi) is 5.99. The molecular weight excluding hydrogens is 268 g/mol. The molecule has 0 aliphatic carbocycles. The molecule has 0 amide bonds. The summed E-state index contributed by atoms with van der Waals surface area (Å²) in [6, 6.07) is 0.659. The highest BCUT2D eigenvalue weighted by Gasteiger charge is 2.38. The van der Waals surface area contributed by atoms with Gasteiger partial charge in [0.15, 0.2) is 0 Å². The van der Waals surface area contributed by atoms with Gasteiger partial charge in [0.1, 0.15) is 6.17 Å². The number of carboxylic acids is 1. The molecule has 1 atom stereocenters. The summed E-state index contributed by atoms with van der Waals surface area (Å²) in [5.41, 5.74) is 0. The lowest BCUT2D eigenvalue weighted by atomic mass is 10.1. The second-order valence-electron chi connectivity index (χ2n) is 4.66. The van der Waals surface area contributed by atoms with Crippen LogP contribution in [0.3, 0.4) is 0 Å². The van der Waals surface area contributed by atoms with Gasteiger partial charge in [-0.15, -0.1) is 0 Å². The van der Waals surface area contributed by atoms with E-state index in [0.717, 1.165) is 26.1 Å². The van der Waals surface area contributed by atoms with Gasteiger partial charge in [-0.1, -0.05) is 0 Å². The van der Waals surface area contributed by atoms with Gasteiger partial charge in [0, 0.05) is 19.1 Å². The minimum absolute atomic E-state index is 0.556. The number of carbonyl (C=O) groups is 1. The number of hydrogen-bond acceptors (Lipinski definition) is 3. The van der Waals surface area contributed by atoms with E-state index in [-0.39, 0.29) is 0 Å². The molecule has 0 bridgehead atoms. The highest BCUT2D eigenvalue weighted by molar-refractivity contribution is 5.73. The molecule has 0 aromatic carbocycles. The number of likely N-dealkylation sites (tertiary alicyclic amines) is 1. The molecule has 2 aliphatic heterocycles. The van der Waals surface area contributed by atoms with Gasteiger partial charge >= 0.3 is 12.1 Å². The molecule has 2 aliphatic rings. The molecule has 2 fully saturated rings. The van der Waals surface area contributed by atoms with Crippen molar-refractivity contribution in [1.82, 2.24) is 10.2 Å². The van der Waals surface area contributed by atoms with Crippen molar-refractivity contribution in [3.63, 3.8) is 0 Å². The third-order valence-corrected chi connectivity index (χ3v) is 3.23. The Morgan fingerprint density at radius 2 is 1.74 bits per heavy atom. The highest BCUT2D eigenvalue weighted by atomic mass is 19.4. The number of carboxylic acid groups (broad SMARTS) is 1. The van der Waals surface area contributed by atoms with E-state index < -0.39 is 18.3 Å². The Labute approximate surface area is 108 Å². The van der Waals surface area contributed by atoms with Crippen LogP contribution < -0.4 is 5.32 Å². The van der Waals surface area contributed by atoms with Gasteiger partial charge in [0.2, 0.25) is 0 Å². The summed E-state index contributed by atoms with van der Waals surface area (Å²) in [6.07, 6.45) is -2.48. The summed E-state index contributed by atoms with van der Waals surface area (Å²) in [5.74, 6) is -2.76. The largest absolute Gasteiger partial charge is 0.490 e. The topological polar surface area (TPSA) is 52.6 Å². The van der Waals surface area contributed by atoms with Gasteiger partial charge in [-0.2, -0.15) is 13.2 Å². The minimum Gasteiger partial charge on any atom is -0.475 e. The summed E-state index contributed by atoms with van der Waals surface area (Å²) < 4.78 is 44.6. The number of piperidine rings is 1. The van der Waals surface area contributed by atoms with Gasteiger partial charge in [-0.3, -0.25) is 4.90 Å². The molecule has 8 heteroatoms. The first-order chi connectivity index (χ1) is 8.80. The fourth-order valence-corrected chi connectivity index (χ4v) is 2.25. The van der Waals surface area contributed by atoms with Crippen molar-refractivity contribution >= 4 is 5.97 Å². The Morgan fingerprint density at radius 1 is 1.21 bits per heavy atom. The van der Waals surface area contributed by atoms with Gasteiger partial charge in [0.05, 0.1) is 0 Å². The van der Waals surface area contributed by atoms with Crippen molar-refractivity contribution in [2.75, 3.05) is 26.2 Å². The maximum absolute atomic E-state index is 12.9. The van der Waals surface area contributed by atoms with Crippen LogP contribution in [0.25, 0.3) is 0 Å². The first kappa shape index (κ1) is 16.2. The second-order valence-corrected chi connectivity index (χ2v) is 4.66. The third kappa shape index (κ3) is 5.73. The second kappa shape index (κ2) is 7.04. The van der Waals surface area contributed by atoms with Crippen LogP contribution in [0.15, 0.2) is 0 Å². The Hall–Kier alpha value is -0.890. The van der Waals surface area contributed by atoms with Gasteiger partial charge in [0.25, 0.3) is 0 Å². The number of halogens is 4. The third-order valence-electron chi connectivity index (χ3n) is 3.23. The summed E-state index contributed by atoms with van der Waals surface area (Å²) in [7, 11) is 0. The molecule has 0 aromatic heterocycles. The minimum atomic E-state index is -5.08. The summed E-state index contributed by atoms with van der Waals surface area (Å²) in [4.78, 5) is 11.2. The molecule has 2 heterocycles. The highest BCUT2D eigenvalue weighted by Crippen LogP contribution is 2.20. The monoisotopic (exact) mass is 286 g/mol. The van der Waals surface area contributed by atoms with E-state index in [4.69, 9.17) is 9.90 Å². The van der Waals surface area contributed by atoms with E-state index in [1.54, 1.807) is 0 Å². The van der Waals surface area contributed by atoms with Gasteiger partial charge < -0.3 is 10.4 Å². The SMILES string of the molecule is F[C@H]1CCN(C2CCNCC2)C1.O=C(O)C(F)(F)F. The van der Waals surface area contributed by atoms with Crippen molar-refractivity contribution in [3.05, 3.63) is 0 Å². The molecule has 0 radical (unpaired) electrons. The van der Waals surface area contributed by atoms with E-state index in [1.807, 2.05) is 0 Å². The molecule has 4 nitrogen and oxygen atoms in total. The Bertz CT molecular complexity index is 290. The summed E-state index contributed by atoms with van der Waals surface area (Å²) in [6.45, 7) is 3.88. The zero-order valence-corrected chi connectivity index (χ0v) is 10.4. The molecule has 0 unspecified atom stereocenters. The molecule has 0 saturated carbocycles. The zero-order chi connectivity index (χ0) is 14.5. The quantitative estimate of drug-likeness (QED) is 0.716. The fraction of sp³-hybridized carbons (Fsp3) is 0.909. The molecule has 2 rings (SSSR count). The smallest absolute Gasteiger partial charge is 0.475 e. The number of nitrogens with zero attached hydrogens (tertiary/aromatic N) is 1. The molecule has 0 aromatic rings. The molecule has 2 saturated heterocycles. The van der Waals surface area contributed by atoms with Crippen molar-refractivity contribution in [2.45, 2.75) is 37.7 Å². The van der Waals surface area contributed by atoms with Crippen molar-refractivity contribution < 1.29 is 27.5 Å². The van der Waals surface area contributed by atoms with Crippen LogP contribution in [0, 0.1) is 0 Å². The van der Waals surface area contributed by atoms with Crippen LogP contribution in [0.1, 0.15) is 19.3 Å². The zero-order valence-electron chi connectivity index (χ0n) is 10.4. The van der Waals surface area contributed by atoms with Crippen LogP contribution in [0.5, 0.6) is 0 Å². The maximum Gasteiger partial charge on any atom is 0.490 e. The summed E-state index contributed by atoms with van der Waals surface area (Å²) in [5, 5.41) is 10.5. The van der Waals surface area contributed by atoms with Gasteiger partial charge in [-0.05, 0) is 32.4 Å². The predicted octanol–water partition coefficient (Wildman–Crippen LogP) is 1.42. The lowest BCUT2D eigenvalue weighted by molar-refractivity contribution is -0.192. The Balaban J connectivity index is 0.000000224. The van der Waals surface area contributed by atoms with Crippen LogP contribution in [0.4, 0.5) is 17.6 Å². The summed E-state index contributed by atoms with van der Waals surface area (Å²) >= 11 is 0. The number of rotatable bonds is 1. The number of nitrogens with one attached hydrogen (secondary N) is 1. The predicted molar refractivity (Wildman–Crippen MR) is 60.7 cm³/mol. The molecule has 2 N–H and O–H groups in total. The van der Waals surface area contributed by atoms with Crippen LogP contribution in [-0.2, 0) is 4.79 Å². The lowest BCUT2D eigenvalue weighted by Gasteiger charge is -2.30. The normalized spacial score (nSPS) is 25.8. The van der Waals surface area contributed by atoms with Crippen molar-refractivity contribution in [3.8, 4) is 0 Å². The van der Waals surface area contributed by atoms with Crippen LogP contribution in [0.2, 0.25) is 0 Å². The van der Waals surface area contributed by atoms with Crippen LogP contribution >= 0.6 is 0 Å². The van der Waals surface area contributed by atoms with Gasteiger partial charge in [-0.25, -0.2) is 9.18 Å². The lowest BCUT2D eigenvalue weighted by Crippen LogP contribution is -2.42. The molecular formula is C11H18F4N2O2. The standard InChI is InChI=1S/C9H17FN2.C2HF3O2/c10-8-3-6-12(7-8)9-1-4-11-5-2-9;3-2(4,5)1(6)7/h8-9,11H,1-7H2;(H,6,7)/t8-;/m0./s1. The maximum atomic E-state index is 12.9. The van der Waals surface area contributed by atoms with Crippen molar-refractivity contribution in [1.29, 1.82) is 0 Å².